The minimum Gasteiger partial charge on any atom is -0.466 e. The van der Waals surface area contributed by atoms with Crippen LogP contribution in [0.4, 0.5) is 0 Å². The lowest BCUT2D eigenvalue weighted by atomic mass is 9.82. The summed E-state index contributed by atoms with van der Waals surface area (Å²) in [6, 6.07) is 6.96. The third-order valence-corrected chi connectivity index (χ3v) is 4.62. The van der Waals surface area contributed by atoms with Gasteiger partial charge in [-0.25, -0.2) is 9.59 Å². The SMILES string of the molecule is CCOC(=O)C(=C1COCCN1)C(/C(C(=O)OC)=C(/C)N)c1ccccc1Cl. The van der Waals surface area contributed by atoms with Crippen LogP contribution in [0.5, 0.6) is 0 Å². The number of rotatable bonds is 6. The number of ether oxygens (including phenoxy) is 3. The predicted octanol–water partition coefficient (Wildman–Crippen LogP) is 2.27. The highest BCUT2D eigenvalue weighted by molar-refractivity contribution is 6.31. The summed E-state index contributed by atoms with van der Waals surface area (Å²) in [5.41, 5.74) is 7.68. The molecular weight excluding hydrogens is 384 g/mol. The fraction of sp³-hybridized carbons (Fsp3) is 0.400. The second-order valence-corrected chi connectivity index (χ2v) is 6.54. The first-order chi connectivity index (χ1) is 13.4. The number of morpholine rings is 1. The molecule has 1 aliphatic rings. The van der Waals surface area contributed by atoms with Gasteiger partial charge in [-0.15, -0.1) is 0 Å². The van der Waals surface area contributed by atoms with Gasteiger partial charge in [0, 0.05) is 23.0 Å². The van der Waals surface area contributed by atoms with Crippen molar-refractivity contribution in [2.24, 2.45) is 5.73 Å². The molecule has 3 N–H and O–H groups in total. The van der Waals surface area contributed by atoms with E-state index < -0.39 is 17.9 Å². The normalized spacial score (nSPS) is 17.7. The molecule has 1 heterocycles. The summed E-state index contributed by atoms with van der Waals surface area (Å²) in [5, 5.41) is 3.56. The number of halogens is 1. The topological polar surface area (TPSA) is 99.9 Å². The number of nitrogens with one attached hydrogen (secondary N) is 1. The molecule has 28 heavy (non-hydrogen) atoms. The van der Waals surface area contributed by atoms with Crippen LogP contribution in [0, 0.1) is 0 Å². The van der Waals surface area contributed by atoms with E-state index in [0.29, 0.717) is 29.4 Å². The maximum atomic E-state index is 13.0. The highest BCUT2D eigenvalue weighted by Crippen LogP contribution is 2.39. The third-order valence-electron chi connectivity index (χ3n) is 4.28. The lowest BCUT2D eigenvalue weighted by Crippen LogP contribution is -2.34. The maximum Gasteiger partial charge on any atom is 0.336 e. The van der Waals surface area contributed by atoms with Crippen molar-refractivity contribution in [3.63, 3.8) is 0 Å². The minimum atomic E-state index is -0.880. The molecule has 0 bridgehead atoms. The van der Waals surface area contributed by atoms with Gasteiger partial charge in [0.15, 0.2) is 0 Å². The lowest BCUT2D eigenvalue weighted by molar-refractivity contribution is -0.139. The van der Waals surface area contributed by atoms with Crippen LogP contribution in [-0.2, 0) is 23.8 Å². The minimum absolute atomic E-state index is 0.124. The summed E-state index contributed by atoms with van der Waals surface area (Å²) in [6.07, 6.45) is 0. The molecule has 1 aliphatic heterocycles. The molecule has 0 radical (unpaired) electrons. The van der Waals surface area contributed by atoms with Crippen molar-refractivity contribution in [2.75, 3.05) is 33.5 Å². The van der Waals surface area contributed by atoms with E-state index >= 15 is 0 Å². The zero-order valence-corrected chi connectivity index (χ0v) is 17.0. The van der Waals surface area contributed by atoms with Crippen molar-refractivity contribution in [3.05, 3.63) is 57.4 Å². The number of hydrogen-bond donors (Lipinski definition) is 2. The smallest absolute Gasteiger partial charge is 0.336 e. The first-order valence-corrected chi connectivity index (χ1v) is 9.30. The standard InChI is InChI=1S/C20H25ClN2O5/c1-4-28-20(25)18(15-11-27-10-9-23-15)17(13-7-5-6-8-14(13)21)16(12(2)22)19(24)26-3/h5-8,17,23H,4,9-11,22H2,1-3H3/b16-12+,18-15?. The molecular formula is C20H25ClN2O5. The number of hydrogen-bond acceptors (Lipinski definition) is 7. The van der Waals surface area contributed by atoms with Gasteiger partial charge in [0.1, 0.15) is 0 Å². The Hall–Kier alpha value is -2.51. The Kier molecular flexibility index (Phi) is 7.90. The van der Waals surface area contributed by atoms with E-state index in [-0.39, 0.29) is 30.1 Å². The quantitative estimate of drug-likeness (QED) is 0.550. The summed E-state index contributed by atoms with van der Waals surface area (Å²) < 4.78 is 15.7. The van der Waals surface area contributed by atoms with Gasteiger partial charge in [0.05, 0.1) is 44.0 Å². The van der Waals surface area contributed by atoms with Gasteiger partial charge in [0.2, 0.25) is 0 Å². The van der Waals surface area contributed by atoms with E-state index in [2.05, 4.69) is 5.32 Å². The number of carbonyl (C=O) groups is 2. The number of nitrogens with two attached hydrogens (primary N) is 1. The van der Waals surface area contributed by atoms with Crippen molar-refractivity contribution >= 4 is 23.5 Å². The van der Waals surface area contributed by atoms with Crippen LogP contribution in [0.15, 0.2) is 46.8 Å². The van der Waals surface area contributed by atoms with Crippen molar-refractivity contribution in [2.45, 2.75) is 19.8 Å². The van der Waals surface area contributed by atoms with E-state index in [9.17, 15) is 9.59 Å². The van der Waals surface area contributed by atoms with Gasteiger partial charge < -0.3 is 25.3 Å². The van der Waals surface area contributed by atoms with Gasteiger partial charge in [0.25, 0.3) is 0 Å². The Labute approximate surface area is 169 Å². The van der Waals surface area contributed by atoms with Crippen LogP contribution in [0.3, 0.4) is 0 Å². The molecule has 0 saturated carbocycles. The molecule has 152 valence electrons. The molecule has 0 amide bonds. The van der Waals surface area contributed by atoms with E-state index in [1.807, 2.05) is 0 Å². The highest BCUT2D eigenvalue weighted by Gasteiger charge is 2.36. The second kappa shape index (κ2) is 10.1. The van der Waals surface area contributed by atoms with Crippen LogP contribution in [-0.4, -0.2) is 45.4 Å². The number of esters is 2. The summed E-state index contributed by atoms with van der Waals surface area (Å²) in [6.45, 7) is 4.66. The molecule has 1 atom stereocenters. The van der Waals surface area contributed by atoms with Gasteiger partial charge >= 0.3 is 11.9 Å². The third kappa shape index (κ3) is 4.85. The molecule has 7 nitrogen and oxygen atoms in total. The summed E-state index contributed by atoms with van der Waals surface area (Å²) in [7, 11) is 1.26. The number of methoxy groups -OCH3 is 1. The first-order valence-electron chi connectivity index (χ1n) is 8.93. The Morgan fingerprint density at radius 2 is 2.04 bits per heavy atom. The van der Waals surface area contributed by atoms with Crippen LogP contribution in [0.1, 0.15) is 25.3 Å². The molecule has 1 saturated heterocycles. The average molecular weight is 409 g/mol. The lowest BCUT2D eigenvalue weighted by Gasteiger charge is -2.28. The summed E-state index contributed by atoms with van der Waals surface area (Å²) >= 11 is 6.44. The maximum absolute atomic E-state index is 13.0. The molecule has 1 aromatic rings. The zero-order valence-electron chi connectivity index (χ0n) is 16.2. The van der Waals surface area contributed by atoms with Crippen molar-refractivity contribution < 1.29 is 23.8 Å². The molecule has 0 aliphatic carbocycles. The van der Waals surface area contributed by atoms with Crippen molar-refractivity contribution in [1.82, 2.24) is 5.32 Å². The molecule has 0 aromatic heterocycles. The van der Waals surface area contributed by atoms with Gasteiger partial charge in [-0.05, 0) is 25.5 Å². The van der Waals surface area contributed by atoms with E-state index in [1.54, 1.807) is 38.1 Å². The van der Waals surface area contributed by atoms with Crippen LogP contribution in [0.2, 0.25) is 5.02 Å². The van der Waals surface area contributed by atoms with Crippen molar-refractivity contribution in [3.8, 4) is 0 Å². The highest BCUT2D eigenvalue weighted by atomic mass is 35.5. The molecule has 1 fully saturated rings. The number of allylic oxidation sites excluding steroid dienone is 1. The number of benzene rings is 1. The van der Waals surface area contributed by atoms with Crippen LogP contribution in [0.25, 0.3) is 0 Å². The Morgan fingerprint density at radius 1 is 1.32 bits per heavy atom. The first kappa shape index (κ1) is 21.8. The van der Waals surface area contributed by atoms with Gasteiger partial charge in [-0.3, -0.25) is 0 Å². The Balaban J connectivity index is 2.80. The number of carbonyl (C=O) groups excluding carboxylic acids is 2. The predicted molar refractivity (Wildman–Crippen MR) is 106 cm³/mol. The fourth-order valence-corrected chi connectivity index (χ4v) is 3.32. The van der Waals surface area contributed by atoms with E-state index in [0.717, 1.165) is 0 Å². The monoisotopic (exact) mass is 408 g/mol. The van der Waals surface area contributed by atoms with Gasteiger partial charge in [-0.1, -0.05) is 29.8 Å². The largest absolute Gasteiger partial charge is 0.466 e. The fourth-order valence-electron chi connectivity index (χ4n) is 3.08. The molecule has 1 unspecified atom stereocenters. The molecule has 8 heteroatoms. The van der Waals surface area contributed by atoms with Crippen LogP contribution >= 0.6 is 11.6 Å². The van der Waals surface area contributed by atoms with E-state index in [1.165, 1.54) is 7.11 Å². The average Bonchev–Trinajstić information content (AvgIpc) is 2.68. The second-order valence-electron chi connectivity index (χ2n) is 6.13. The zero-order chi connectivity index (χ0) is 20.7. The molecule has 0 spiro atoms. The summed E-state index contributed by atoms with van der Waals surface area (Å²) in [4.78, 5) is 25.6. The van der Waals surface area contributed by atoms with Gasteiger partial charge in [-0.2, -0.15) is 0 Å². The molecule has 1 aromatic carbocycles. The summed E-state index contributed by atoms with van der Waals surface area (Å²) in [5.74, 6) is -2.11. The van der Waals surface area contributed by atoms with Crippen LogP contribution < -0.4 is 11.1 Å². The molecule has 2 rings (SSSR count). The van der Waals surface area contributed by atoms with E-state index in [4.69, 9.17) is 31.5 Å². The Bertz CT molecular complexity index is 792. The Morgan fingerprint density at radius 3 is 2.57 bits per heavy atom. The van der Waals surface area contributed by atoms with Crippen molar-refractivity contribution in [1.29, 1.82) is 0 Å².